The summed E-state index contributed by atoms with van der Waals surface area (Å²) in [5, 5.41) is 0. The predicted octanol–water partition coefficient (Wildman–Crippen LogP) is 1.54. The fourth-order valence-corrected chi connectivity index (χ4v) is 2.02. The molecular formula is C11H7F2IN2O2. The summed E-state index contributed by atoms with van der Waals surface area (Å²) in [5.41, 5.74) is -0.500. The lowest BCUT2D eigenvalue weighted by Crippen LogP contribution is -2.26. The third kappa shape index (κ3) is 2.84. The molecule has 0 spiro atoms. The average Bonchev–Trinajstić information content (AvgIpc) is 2.23. The van der Waals surface area contributed by atoms with Crippen LogP contribution in [0.2, 0.25) is 0 Å². The van der Waals surface area contributed by atoms with Gasteiger partial charge in [0.05, 0.1) is 3.57 Å². The Morgan fingerprint density at radius 2 is 1.67 bits per heavy atom. The molecule has 2 N–H and O–H groups in total. The zero-order valence-electron chi connectivity index (χ0n) is 8.89. The standard InChI is InChI=1S/C11H7F2IN2O2/c12-6-1-5(2-7(13)4-6)3-8-9(14)10(17)16-11(18)15-8/h1-2,4H,3H2,(H2,15,16,17,18). The summed E-state index contributed by atoms with van der Waals surface area (Å²) in [7, 11) is 0. The predicted molar refractivity (Wildman–Crippen MR) is 69.6 cm³/mol. The van der Waals surface area contributed by atoms with Gasteiger partial charge < -0.3 is 4.98 Å². The summed E-state index contributed by atoms with van der Waals surface area (Å²) < 4.78 is 26.3. The van der Waals surface area contributed by atoms with Gasteiger partial charge in [-0.15, -0.1) is 0 Å². The van der Waals surface area contributed by atoms with Crippen molar-refractivity contribution in [1.29, 1.82) is 0 Å². The van der Waals surface area contributed by atoms with Crippen molar-refractivity contribution >= 4 is 22.6 Å². The van der Waals surface area contributed by atoms with Gasteiger partial charge in [-0.2, -0.15) is 0 Å². The Balaban J connectivity index is 2.46. The SMILES string of the molecule is O=c1[nH]c(Cc2cc(F)cc(F)c2)c(I)c(=O)[nH]1. The van der Waals surface area contributed by atoms with Gasteiger partial charge in [-0.25, -0.2) is 13.6 Å². The average molecular weight is 364 g/mol. The van der Waals surface area contributed by atoms with Crippen molar-refractivity contribution in [2.75, 3.05) is 0 Å². The number of hydrogen-bond acceptors (Lipinski definition) is 2. The van der Waals surface area contributed by atoms with Crippen LogP contribution in [0.4, 0.5) is 8.78 Å². The maximum absolute atomic E-state index is 13.0. The van der Waals surface area contributed by atoms with E-state index in [0.29, 0.717) is 11.3 Å². The topological polar surface area (TPSA) is 65.7 Å². The molecule has 0 aliphatic heterocycles. The Kier molecular flexibility index (Phi) is 3.60. The van der Waals surface area contributed by atoms with Gasteiger partial charge in [-0.1, -0.05) is 0 Å². The molecule has 2 aromatic rings. The minimum Gasteiger partial charge on any atom is -0.310 e. The summed E-state index contributed by atoms with van der Waals surface area (Å²) in [6, 6.07) is 3.06. The molecule has 0 amide bonds. The first-order valence-electron chi connectivity index (χ1n) is 4.91. The Bertz CT molecular complexity index is 689. The maximum atomic E-state index is 13.0. The normalized spacial score (nSPS) is 10.6. The number of H-pyrrole nitrogens is 2. The Morgan fingerprint density at radius 1 is 1.06 bits per heavy atom. The molecule has 0 saturated heterocycles. The summed E-state index contributed by atoms with van der Waals surface area (Å²) in [6.07, 6.45) is 0.0755. The van der Waals surface area contributed by atoms with E-state index < -0.39 is 22.9 Å². The van der Waals surface area contributed by atoms with E-state index >= 15 is 0 Å². The van der Waals surface area contributed by atoms with E-state index in [1.54, 1.807) is 22.6 Å². The molecule has 0 saturated carbocycles. The van der Waals surface area contributed by atoms with Crippen LogP contribution < -0.4 is 11.2 Å². The van der Waals surface area contributed by atoms with Crippen molar-refractivity contribution in [2.24, 2.45) is 0 Å². The Hall–Kier alpha value is -1.51. The van der Waals surface area contributed by atoms with Gasteiger partial charge in [0.1, 0.15) is 11.6 Å². The van der Waals surface area contributed by atoms with Crippen molar-refractivity contribution in [3.05, 3.63) is 65.5 Å². The molecule has 2 rings (SSSR count). The van der Waals surface area contributed by atoms with Crippen LogP contribution in [0, 0.1) is 15.2 Å². The highest BCUT2D eigenvalue weighted by Gasteiger charge is 2.08. The first-order valence-corrected chi connectivity index (χ1v) is 5.99. The Morgan fingerprint density at radius 3 is 2.28 bits per heavy atom. The van der Waals surface area contributed by atoms with Crippen molar-refractivity contribution in [3.63, 3.8) is 0 Å². The molecule has 0 fully saturated rings. The molecule has 0 unspecified atom stereocenters. The van der Waals surface area contributed by atoms with E-state index in [9.17, 15) is 18.4 Å². The summed E-state index contributed by atoms with van der Waals surface area (Å²) in [4.78, 5) is 27.0. The van der Waals surface area contributed by atoms with Crippen LogP contribution in [0.25, 0.3) is 0 Å². The van der Waals surface area contributed by atoms with E-state index in [1.807, 2.05) is 0 Å². The molecule has 0 bridgehead atoms. The molecule has 1 heterocycles. The van der Waals surface area contributed by atoms with Crippen molar-refractivity contribution in [1.82, 2.24) is 9.97 Å². The number of benzene rings is 1. The van der Waals surface area contributed by atoms with Crippen LogP contribution in [-0.2, 0) is 6.42 Å². The minimum atomic E-state index is -0.702. The summed E-state index contributed by atoms with van der Waals surface area (Å²) >= 11 is 1.76. The zero-order chi connectivity index (χ0) is 13.3. The molecule has 18 heavy (non-hydrogen) atoms. The number of nitrogens with one attached hydrogen (secondary N) is 2. The van der Waals surface area contributed by atoms with Crippen molar-refractivity contribution in [2.45, 2.75) is 6.42 Å². The molecule has 0 atom stereocenters. The minimum absolute atomic E-state index is 0.0755. The molecule has 1 aromatic carbocycles. The lowest BCUT2D eigenvalue weighted by atomic mass is 10.1. The lowest BCUT2D eigenvalue weighted by Gasteiger charge is -2.04. The molecule has 0 aliphatic rings. The first-order chi connectivity index (χ1) is 8.45. The van der Waals surface area contributed by atoms with Gasteiger partial charge in [0.2, 0.25) is 0 Å². The highest BCUT2D eigenvalue weighted by atomic mass is 127. The maximum Gasteiger partial charge on any atom is 0.325 e. The van der Waals surface area contributed by atoms with Crippen molar-refractivity contribution in [3.8, 4) is 0 Å². The number of halogens is 3. The molecule has 1 aromatic heterocycles. The molecule has 0 aliphatic carbocycles. The summed E-state index contributed by atoms with van der Waals surface area (Å²) in [6.45, 7) is 0. The largest absolute Gasteiger partial charge is 0.325 e. The summed E-state index contributed by atoms with van der Waals surface area (Å²) in [5.74, 6) is -1.40. The fourth-order valence-electron chi connectivity index (χ4n) is 1.56. The second-order valence-corrected chi connectivity index (χ2v) is 4.73. The van der Waals surface area contributed by atoms with Gasteiger partial charge in [0.25, 0.3) is 5.56 Å². The van der Waals surface area contributed by atoms with Crippen LogP contribution >= 0.6 is 22.6 Å². The Labute approximate surface area is 113 Å². The van der Waals surface area contributed by atoms with E-state index in [0.717, 1.165) is 18.2 Å². The molecule has 0 radical (unpaired) electrons. The van der Waals surface area contributed by atoms with E-state index in [4.69, 9.17) is 0 Å². The lowest BCUT2D eigenvalue weighted by molar-refractivity contribution is 0.580. The second kappa shape index (κ2) is 5.01. The third-order valence-electron chi connectivity index (χ3n) is 2.26. The number of rotatable bonds is 2. The van der Waals surface area contributed by atoms with Gasteiger partial charge in [0.15, 0.2) is 0 Å². The molecule has 4 nitrogen and oxygen atoms in total. The molecule has 94 valence electrons. The van der Waals surface area contributed by atoms with Crippen LogP contribution in [0.15, 0.2) is 27.8 Å². The number of aromatic nitrogens is 2. The van der Waals surface area contributed by atoms with Crippen molar-refractivity contribution < 1.29 is 8.78 Å². The van der Waals surface area contributed by atoms with Gasteiger partial charge in [-0.05, 0) is 40.3 Å². The second-order valence-electron chi connectivity index (χ2n) is 3.66. The highest BCUT2D eigenvalue weighted by Crippen LogP contribution is 2.13. The quantitative estimate of drug-likeness (QED) is 0.795. The van der Waals surface area contributed by atoms with Gasteiger partial charge in [0, 0.05) is 18.2 Å². The van der Waals surface area contributed by atoms with Crippen LogP contribution in [0.5, 0.6) is 0 Å². The highest BCUT2D eigenvalue weighted by molar-refractivity contribution is 14.1. The van der Waals surface area contributed by atoms with E-state index in [1.165, 1.54) is 0 Å². The molecular weight excluding hydrogens is 357 g/mol. The smallest absolute Gasteiger partial charge is 0.310 e. The molecule has 7 heteroatoms. The number of aromatic amines is 2. The zero-order valence-corrected chi connectivity index (χ0v) is 11.0. The van der Waals surface area contributed by atoms with Gasteiger partial charge in [-0.3, -0.25) is 9.78 Å². The van der Waals surface area contributed by atoms with E-state index in [2.05, 4.69) is 9.97 Å². The number of hydrogen-bond donors (Lipinski definition) is 2. The fraction of sp³-hybridized carbons (Fsp3) is 0.0909. The third-order valence-corrected chi connectivity index (χ3v) is 3.40. The van der Waals surface area contributed by atoms with Gasteiger partial charge >= 0.3 is 5.69 Å². The van der Waals surface area contributed by atoms with Crippen LogP contribution in [0.1, 0.15) is 11.3 Å². The monoisotopic (exact) mass is 364 g/mol. The first kappa shape index (κ1) is 12.9. The van der Waals surface area contributed by atoms with Crippen LogP contribution in [0.3, 0.4) is 0 Å². The van der Waals surface area contributed by atoms with E-state index in [-0.39, 0.29) is 9.99 Å². The van der Waals surface area contributed by atoms with Crippen LogP contribution in [-0.4, -0.2) is 9.97 Å².